The monoisotopic (exact) mass is 331 g/mol. The van der Waals surface area contributed by atoms with Crippen molar-refractivity contribution in [3.8, 4) is 0 Å². The van der Waals surface area contributed by atoms with Gasteiger partial charge in [0.15, 0.2) is 5.69 Å². The van der Waals surface area contributed by atoms with Gasteiger partial charge in [-0.2, -0.15) is 5.10 Å². The van der Waals surface area contributed by atoms with Crippen LogP contribution in [0.25, 0.3) is 10.8 Å². The highest BCUT2D eigenvalue weighted by molar-refractivity contribution is 6.05. The molecule has 1 N–H and O–H groups in total. The van der Waals surface area contributed by atoms with Gasteiger partial charge in [-0.05, 0) is 12.0 Å². The predicted octanol–water partition coefficient (Wildman–Crippen LogP) is 1.25. The van der Waals surface area contributed by atoms with Crippen molar-refractivity contribution in [3.63, 3.8) is 0 Å². The van der Waals surface area contributed by atoms with Gasteiger partial charge >= 0.3 is 5.97 Å². The van der Waals surface area contributed by atoms with Crippen LogP contribution in [0.5, 0.6) is 0 Å². The summed E-state index contributed by atoms with van der Waals surface area (Å²) in [6.45, 7) is 3.78. The highest BCUT2D eigenvalue weighted by Gasteiger charge is 2.28. The van der Waals surface area contributed by atoms with Gasteiger partial charge in [-0.3, -0.25) is 9.59 Å². The van der Waals surface area contributed by atoms with Crippen LogP contribution < -0.4 is 10.9 Å². The standard InChI is InChI=1S/C17H21N3O4/c1-5-10(2)13(17(23)24-4)18-15(21)14-11-8-6-7-9-12(11)16(22)20(3)19-14/h6-10,13H,5H2,1-4H3,(H,18,21)/t10-,13+/m0/s1. The van der Waals surface area contributed by atoms with Gasteiger partial charge in [0.05, 0.1) is 12.5 Å². The number of hydrogen-bond acceptors (Lipinski definition) is 5. The molecule has 0 spiro atoms. The van der Waals surface area contributed by atoms with Crippen molar-refractivity contribution in [2.75, 3.05) is 7.11 Å². The van der Waals surface area contributed by atoms with Crippen LogP contribution in [0, 0.1) is 5.92 Å². The van der Waals surface area contributed by atoms with E-state index in [2.05, 4.69) is 10.4 Å². The van der Waals surface area contributed by atoms with Gasteiger partial charge in [0.1, 0.15) is 6.04 Å². The van der Waals surface area contributed by atoms with Crippen molar-refractivity contribution < 1.29 is 14.3 Å². The van der Waals surface area contributed by atoms with Gasteiger partial charge in [0.2, 0.25) is 0 Å². The number of ether oxygens (including phenoxy) is 1. The normalized spacial score (nSPS) is 13.3. The van der Waals surface area contributed by atoms with Crippen molar-refractivity contribution in [1.29, 1.82) is 0 Å². The molecular weight excluding hydrogens is 310 g/mol. The molecule has 0 bridgehead atoms. The zero-order chi connectivity index (χ0) is 17.9. The molecule has 0 fully saturated rings. The minimum absolute atomic E-state index is 0.0970. The number of carbonyl (C=O) groups is 2. The highest BCUT2D eigenvalue weighted by atomic mass is 16.5. The summed E-state index contributed by atoms with van der Waals surface area (Å²) in [5, 5.41) is 7.60. The first-order chi connectivity index (χ1) is 11.4. The first-order valence-electron chi connectivity index (χ1n) is 7.75. The quantitative estimate of drug-likeness (QED) is 0.833. The molecule has 1 aromatic heterocycles. The lowest BCUT2D eigenvalue weighted by molar-refractivity contribution is -0.144. The van der Waals surface area contributed by atoms with E-state index in [1.54, 1.807) is 24.3 Å². The molecule has 7 heteroatoms. The number of nitrogens with one attached hydrogen (secondary N) is 1. The molecule has 128 valence electrons. The molecule has 0 unspecified atom stereocenters. The molecule has 7 nitrogen and oxygen atoms in total. The lowest BCUT2D eigenvalue weighted by Crippen LogP contribution is -2.46. The Hall–Kier alpha value is -2.70. The van der Waals surface area contributed by atoms with Crippen molar-refractivity contribution in [2.24, 2.45) is 13.0 Å². The van der Waals surface area contributed by atoms with Crippen molar-refractivity contribution in [1.82, 2.24) is 15.1 Å². The third kappa shape index (κ3) is 3.29. The zero-order valence-corrected chi connectivity index (χ0v) is 14.2. The van der Waals surface area contributed by atoms with Gasteiger partial charge in [0.25, 0.3) is 11.5 Å². The topological polar surface area (TPSA) is 90.3 Å². The molecule has 0 aliphatic rings. The fourth-order valence-corrected chi connectivity index (χ4v) is 2.47. The van der Waals surface area contributed by atoms with E-state index < -0.39 is 17.9 Å². The first-order valence-corrected chi connectivity index (χ1v) is 7.75. The Kier molecular flexibility index (Phi) is 5.33. The van der Waals surface area contributed by atoms with E-state index in [9.17, 15) is 14.4 Å². The molecule has 1 aromatic carbocycles. The van der Waals surface area contributed by atoms with E-state index in [1.165, 1.54) is 14.2 Å². The van der Waals surface area contributed by atoms with Crippen LogP contribution >= 0.6 is 0 Å². The maximum absolute atomic E-state index is 12.7. The van der Waals surface area contributed by atoms with Crippen LogP contribution in [-0.4, -0.2) is 34.8 Å². The Morgan fingerprint density at radius 2 is 1.92 bits per heavy atom. The fourth-order valence-electron chi connectivity index (χ4n) is 2.47. The Balaban J connectivity index is 2.46. The SMILES string of the molecule is CC[C@H](C)[C@@H](NC(=O)c1nn(C)c(=O)c2ccccc12)C(=O)OC. The molecule has 0 aliphatic heterocycles. The molecule has 1 heterocycles. The lowest BCUT2D eigenvalue weighted by atomic mass is 9.99. The van der Waals surface area contributed by atoms with Crippen LogP contribution in [0.15, 0.2) is 29.1 Å². The lowest BCUT2D eigenvalue weighted by Gasteiger charge is -2.22. The smallest absolute Gasteiger partial charge is 0.328 e. The summed E-state index contributed by atoms with van der Waals surface area (Å²) in [6, 6.07) is 5.98. The molecule has 1 amide bonds. The summed E-state index contributed by atoms with van der Waals surface area (Å²) in [7, 11) is 2.77. The molecule has 0 saturated carbocycles. The second-order valence-electron chi connectivity index (χ2n) is 5.68. The maximum atomic E-state index is 12.7. The minimum Gasteiger partial charge on any atom is -0.467 e. The summed E-state index contributed by atoms with van der Waals surface area (Å²) in [4.78, 5) is 36.8. The second-order valence-corrected chi connectivity index (χ2v) is 5.68. The summed E-state index contributed by atoms with van der Waals surface area (Å²) >= 11 is 0. The van der Waals surface area contributed by atoms with Crippen LogP contribution in [0.4, 0.5) is 0 Å². The number of fused-ring (bicyclic) bond motifs is 1. The number of nitrogens with zero attached hydrogens (tertiary/aromatic N) is 2. The summed E-state index contributed by atoms with van der Waals surface area (Å²) in [6.07, 6.45) is 0.696. The van der Waals surface area contributed by atoms with Crippen molar-refractivity contribution in [3.05, 3.63) is 40.3 Å². The number of aromatic nitrogens is 2. The highest BCUT2D eigenvalue weighted by Crippen LogP contribution is 2.15. The minimum atomic E-state index is -0.773. The average Bonchev–Trinajstić information content (AvgIpc) is 2.61. The molecule has 24 heavy (non-hydrogen) atoms. The average molecular weight is 331 g/mol. The number of hydrogen-bond donors (Lipinski definition) is 1. The molecule has 0 aliphatic carbocycles. The number of aryl methyl sites for hydroxylation is 1. The van der Waals surface area contributed by atoms with E-state index in [4.69, 9.17) is 4.74 Å². The Bertz CT molecular complexity index is 828. The van der Waals surface area contributed by atoms with Gasteiger partial charge in [-0.15, -0.1) is 0 Å². The second kappa shape index (κ2) is 7.25. The number of benzene rings is 1. The van der Waals surface area contributed by atoms with E-state index in [0.717, 1.165) is 4.68 Å². The zero-order valence-electron chi connectivity index (χ0n) is 14.2. The molecular formula is C17H21N3O4. The third-order valence-corrected chi connectivity index (χ3v) is 4.13. The maximum Gasteiger partial charge on any atom is 0.328 e. The van der Waals surface area contributed by atoms with Crippen molar-refractivity contribution >= 4 is 22.6 Å². The van der Waals surface area contributed by atoms with E-state index in [1.807, 2.05) is 13.8 Å². The summed E-state index contributed by atoms with van der Waals surface area (Å²) in [5.41, 5.74) is -0.182. The number of carbonyl (C=O) groups excluding carboxylic acids is 2. The molecule has 2 atom stereocenters. The van der Waals surface area contributed by atoms with Crippen LogP contribution in [0.2, 0.25) is 0 Å². The predicted molar refractivity (Wildman–Crippen MR) is 89.7 cm³/mol. The Morgan fingerprint density at radius 3 is 2.50 bits per heavy atom. The van der Waals surface area contributed by atoms with Crippen LogP contribution in [-0.2, 0) is 16.6 Å². The molecule has 2 aromatic rings. The molecule has 2 rings (SSSR count). The summed E-state index contributed by atoms with van der Waals surface area (Å²) < 4.78 is 5.89. The molecule has 0 radical (unpaired) electrons. The van der Waals surface area contributed by atoms with Gasteiger partial charge in [-0.25, -0.2) is 9.48 Å². The van der Waals surface area contributed by atoms with E-state index >= 15 is 0 Å². The Morgan fingerprint density at radius 1 is 1.29 bits per heavy atom. The van der Waals surface area contributed by atoms with Crippen LogP contribution in [0.3, 0.4) is 0 Å². The Labute approximate surface area is 139 Å². The van der Waals surface area contributed by atoms with Gasteiger partial charge in [0, 0.05) is 12.4 Å². The first kappa shape index (κ1) is 17.7. The largest absolute Gasteiger partial charge is 0.467 e. The molecule has 0 saturated heterocycles. The third-order valence-electron chi connectivity index (χ3n) is 4.13. The van der Waals surface area contributed by atoms with Crippen molar-refractivity contribution in [2.45, 2.75) is 26.3 Å². The number of esters is 1. The van der Waals surface area contributed by atoms with Gasteiger partial charge < -0.3 is 10.1 Å². The van der Waals surface area contributed by atoms with E-state index in [0.29, 0.717) is 17.2 Å². The van der Waals surface area contributed by atoms with Gasteiger partial charge in [-0.1, -0.05) is 38.5 Å². The summed E-state index contributed by atoms with van der Waals surface area (Å²) in [5.74, 6) is -1.12. The van der Waals surface area contributed by atoms with E-state index in [-0.39, 0.29) is 17.2 Å². The van der Waals surface area contributed by atoms with Crippen LogP contribution in [0.1, 0.15) is 30.8 Å². The number of amides is 1. The number of methoxy groups -OCH3 is 1. The fraction of sp³-hybridized carbons (Fsp3) is 0.412. The number of rotatable bonds is 5.